The summed E-state index contributed by atoms with van der Waals surface area (Å²) in [6.45, 7) is 7.51. The van der Waals surface area contributed by atoms with Gasteiger partial charge in [0.25, 0.3) is 0 Å². The van der Waals surface area contributed by atoms with Gasteiger partial charge in [0.1, 0.15) is 11.9 Å². The monoisotopic (exact) mass is 541 g/mol. The van der Waals surface area contributed by atoms with E-state index in [4.69, 9.17) is 9.47 Å². The number of hydrogen-bond acceptors (Lipinski definition) is 6. The predicted molar refractivity (Wildman–Crippen MR) is 131 cm³/mol. The van der Waals surface area contributed by atoms with Gasteiger partial charge in [0, 0.05) is 58.2 Å². The van der Waals surface area contributed by atoms with Gasteiger partial charge in [-0.1, -0.05) is 6.07 Å². The molecule has 0 aromatic carbocycles. The summed E-state index contributed by atoms with van der Waals surface area (Å²) in [5, 5.41) is 7.72. The van der Waals surface area contributed by atoms with Gasteiger partial charge in [-0.3, -0.25) is 9.67 Å². The Morgan fingerprint density at radius 1 is 1.19 bits per heavy atom. The Labute approximate surface area is 200 Å². The summed E-state index contributed by atoms with van der Waals surface area (Å²) >= 11 is 0. The number of aryl methyl sites for hydroxylation is 1. The molecule has 0 amide bonds. The second-order valence-corrected chi connectivity index (χ2v) is 7.81. The Balaban J connectivity index is 0.00000272. The Hall–Kier alpha value is -1.92. The van der Waals surface area contributed by atoms with E-state index in [9.17, 15) is 0 Å². The van der Waals surface area contributed by atoms with Crippen molar-refractivity contribution in [3.05, 3.63) is 41.9 Å². The molecule has 31 heavy (non-hydrogen) atoms. The number of nitrogens with zero attached hydrogens (tertiary/aromatic N) is 6. The maximum absolute atomic E-state index is 5.94. The summed E-state index contributed by atoms with van der Waals surface area (Å²) in [5.41, 5.74) is 2.22. The Morgan fingerprint density at radius 2 is 2.03 bits per heavy atom. The highest BCUT2D eigenvalue weighted by Crippen LogP contribution is 2.21. The van der Waals surface area contributed by atoms with Crippen LogP contribution in [0.25, 0.3) is 0 Å². The minimum Gasteiger partial charge on any atom is -0.375 e. The highest BCUT2D eigenvalue weighted by atomic mass is 127. The van der Waals surface area contributed by atoms with E-state index in [1.54, 1.807) is 4.68 Å². The zero-order valence-electron chi connectivity index (χ0n) is 18.4. The molecule has 2 aliphatic heterocycles. The lowest BCUT2D eigenvalue weighted by Gasteiger charge is -2.34. The Bertz CT molecular complexity index is 858. The molecule has 0 radical (unpaired) electrons. The zero-order valence-corrected chi connectivity index (χ0v) is 20.7. The van der Waals surface area contributed by atoms with Crippen LogP contribution in [0.1, 0.15) is 24.2 Å². The average Bonchev–Trinajstić information content (AvgIpc) is 3.21. The van der Waals surface area contributed by atoms with Crippen molar-refractivity contribution in [3.63, 3.8) is 0 Å². The SMILES string of the molecule is CN=C(NCc1ccc(N2CCOC(C)C2)nc1)N1CCOC(c2cnn(C)c2)C1.I. The Kier molecular flexibility index (Phi) is 8.50. The maximum atomic E-state index is 5.94. The van der Waals surface area contributed by atoms with Crippen LogP contribution in [-0.2, 0) is 23.1 Å². The van der Waals surface area contributed by atoms with Gasteiger partial charge in [-0.25, -0.2) is 4.98 Å². The number of halogens is 1. The van der Waals surface area contributed by atoms with E-state index in [0.717, 1.165) is 55.7 Å². The molecule has 4 heterocycles. The number of aromatic nitrogens is 3. The number of pyridine rings is 1. The number of anilines is 1. The molecule has 2 aliphatic rings. The summed E-state index contributed by atoms with van der Waals surface area (Å²) in [5.74, 6) is 1.88. The molecule has 2 saturated heterocycles. The number of aliphatic imine (C=N–C) groups is 1. The first kappa shape index (κ1) is 23.7. The van der Waals surface area contributed by atoms with Gasteiger partial charge < -0.3 is 24.6 Å². The largest absolute Gasteiger partial charge is 0.375 e. The van der Waals surface area contributed by atoms with Crippen molar-refractivity contribution in [3.8, 4) is 0 Å². The van der Waals surface area contributed by atoms with E-state index in [2.05, 4.69) is 49.2 Å². The van der Waals surface area contributed by atoms with Gasteiger partial charge in [-0.15, -0.1) is 24.0 Å². The number of guanidine groups is 1. The van der Waals surface area contributed by atoms with Gasteiger partial charge in [-0.2, -0.15) is 5.10 Å². The lowest BCUT2D eigenvalue weighted by molar-refractivity contribution is -0.00805. The van der Waals surface area contributed by atoms with Crippen molar-refractivity contribution in [2.75, 3.05) is 51.3 Å². The molecule has 0 aliphatic carbocycles. The van der Waals surface area contributed by atoms with E-state index >= 15 is 0 Å². The third-order valence-corrected chi connectivity index (χ3v) is 5.50. The first-order chi connectivity index (χ1) is 14.6. The number of rotatable bonds is 4. The first-order valence-electron chi connectivity index (χ1n) is 10.5. The highest BCUT2D eigenvalue weighted by molar-refractivity contribution is 14.0. The second-order valence-electron chi connectivity index (χ2n) is 7.81. The van der Waals surface area contributed by atoms with Crippen LogP contribution in [0.4, 0.5) is 5.82 Å². The maximum Gasteiger partial charge on any atom is 0.194 e. The lowest BCUT2D eigenvalue weighted by Crippen LogP contribution is -2.47. The van der Waals surface area contributed by atoms with Crippen LogP contribution in [0, 0.1) is 0 Å². The van der Waals surface area contributed by atoms with Gasteiger partial charge >= 0.3 is 0 Å². The predicted octanol–water partition coefficient (Wildman–Crippen LogP) is 1.81. The van der Waals surface area contributed by atoms with Crippen molar-refractivity contribution in [1.29, 1.82) is 0 Å². The molecular weight excluding hydrogens is 509 g/mol. The minimum absolute atomic E-state index is 0. The van der Waals surface area contributed by atoms with Crippen molar-refractivity contribution in [2.45, 2.75) is 25.7 Å². The molecule has 2 unspecified atom stereocenters. The van der Waals surface area contributed by atoms with Crippen LogP contribution in [0.15, 0.2) is 35.7 Å². The molecule has 0 saturated carbocycles. The number of morpholine rings is 2. The quantitative estimate of drug-likeness (QED) is 0.360. The van der Waals surface area contributed by atoms with Gasteiger partial charge in [0.05, 0.1) is 32.1 Å². The topological polar surface area (TPSA) is 80.0 Å². The van der Waals surface area contributed by atoms with Gasteiger partial charge in [0.15, 0.2) is 5.96 Å². The molecule has 2 fully saturated rings. The highest BCUT2D eigenvalue weighted by Gasteiger charge is 2.25. The van der Waals surface area contributed by atoms with Crippen LogP contribution in [0.5, 0.6) is 0 Å². The van der Waals surface area contributed by atoms with Crippen LogP contribution in [0.2, 0.25) is 0 Å². The summed E-state index contributed by atoms with van der Waals surface area (Å²) < 4.78 is 13.4. The van der Waals surface area contributed by atoms with E-state index in [1.165, 1.54) is 0 Å². The van der Waals surface area contributed by atoms with E-state index in [0.29, 0.717) is 13.2 Å². The standard InChI is InChI=1S/C21H31N7O2.HI/c1-16-13-27(6-8-29-16)20-5-4-17(10-23-20)11-24-21(22-2)28-7-9-30-19(15-28)18-12-25-26(3)14-18;/h4-5,10,12,14,16,19H,6-9,11,13,15H2,1-3H3,(H,22,24);1H. The molecule has 0 spiro atoms. The molecule has 4 rings (SSSR count). The molecule has 9 nitrogen and oxygen atoms in total. The number of nitrogens with one attached hydrogen (secondary N) is 1. The zero-order chi connectivity index (χ0) is 20.9. The number of hydrogen-bond donors (Lipinski definition) is 1. The summed E-state index contributed by atoms with van der Waals surface area (Å²) in [6.07, 6.45) is 6.06. The van der Waals surface area contributed by atoms with Crippen LogP contribution < -0.4 is 10.2 Å². The van der Waals surface area contributed by atoms with Crippen molar-refractivity contribution in [2.24, 2.45) is 12.0 Å². The van der Waals surface area contributed by atoms with Crippen molar-refractivity contribution < 1.29 is 9.47 Å². The normalized spacial score (nSPS) is 22.2. The third kappa shape index (κ3) is 6.07. The van der Waals surface area contributed by atoms with Crippen molar-refractivity contribution >= 4 is 35.8 Å². The molecule has 10 heteroatoms. The molecule has 170 valence electrons. The van der Waals surface area contributed by atoms with Gasteiger partial charge in [0.2, 0.25) is 0 Å². The van der Waals surface area contributed by atoms with Crippen LogP contribution in [0.3, 0.4) is 0 Å². The lowest BCUT2D eigenvalue weighted by atomic mass is 10.1. The molecule has 0 bridgehead atoms. The smallest absolute Gasteiger partial charge is 0.194 e. The fraction of sp³-hybridized carbons (Fsp3) is 0.571. The minimum atomic E-state index is 0. The average molecular weight is 541 g/mol. The van der Waals surface area contributed by atoms with Gasteiger partial charge in [-0.05, 0) is 18.6 Å². The molecule has 2 aromatic heterocycles. The molecular formula is C21H32IN7O2. The van der Waals surface area contributed by atoms with E-state index in [-0.39, 0.29) is 36.2 Å². The molecule has 2 aromatic rings. The second kappa shape index (κ2) is 11.1. The fourth-order valence-electron chi connectivity index (χ4n) is 3.90. The Morgan fingerprint density at radius 3 is 2.71 bits per heavy atom. The first-order valence-corrected chi connectivity index (χ1v) is 10.5. The van der Waals surface area contributed by atoms with Crippen LogP contribution >= 0.6 is 24.0 Å². The van der Waals surface area contributed by atoms with Crippen LogP contribution in [-0.4, -0.2) is 78.2 Å². The fourth-order valence-corrected chi connectivity index (χ4v) is 3.90. The molecule has 1 N–H and O–H groups in total. The van der Waals surface area contributed by atoms with Crippen molar-refractivity contribution in [1.82, 2.24) is 25.0 Å². The summed E-state index contributed by atoms with van der Waals surface area (Å²) in [6, 6.07) is 4.21. The van der Waals surface area contributed by atoms with E-state index < -0.39 is 0 Å². The third-order valence-electron chi connectivity index (χ3n) is 5.50. The summed E-state index contributed by atoms with van der Waals surface area (Å²) in [7, 11) is 3.74. The molecule has 2 atom stereocenters. The number of ether oxygens (including phenoxy) is 2. The summed E-state index contributed by atoms with van der Waals surface area (Å²) in [4.78, 5) is 13.6. The van der Waals surface area contributed by atoms with E-state index in [1.807, 2.05) is 32.7 Å².